The van der Waals surface area contributed by atoms with Crippen molar-refractivity contribution < 1.29 is 24.2 Å². The fourth-order valence-corrected chi connectivity index (χ4v) is 4.84. The Bertz CT molecular complexity index is 1540. The van der Waals surface area contributed by atoms with Gasteiger partial charge in [-0.05, 0) is 53.9 Å². The van der Waals surface area contributed by atoms with Crippen LogP contribution in [0.2, 0.25) is 5.02 Å². The molecule has 0 saturated heterocycles. The van der Waals surface area contributed by atoms with Crippen LogP contribution in [-0.4, -0.2) is 42.0 Å². The standard InChI is InChI=1S/C35H35ClN2O5/c1-24(2)21-33(39)38(28-12-8-11-27(36)23-28)19-20-43-29-17-15-25(16-18-29)22-32(35(41)42)37-31-14-7-6-13-30(31)34(40)26-9-4-3-5-10-26/h3-18,23-24,32,37H,19-22H2,1-2H3,(H,41,42). The predicted molar refractivity (Wildman–Crippen MR) is 170 cm³/mol. The minimum atomic E-state index is -1.03. The number of hydrogen-bond donors (Lipinski definition) is 2. The van der Waals surface area contributed by atoms with Gasteiger partial charge in [0.25, 0.3) is 0 Å². The van der Waals surface area contributed by atoms with Crippen LogP contribution in [0.3, 0.4) is 0 Å². The van der Waals surface area contributed by atoms with Crippen molar-refractivity contribution in [2.45, 2.75) is 32.7 Å². The zero-order chi connectivity index (χ0) is 30.8. The summed E-state index contributed by atoms with van der Waals surface area (Å²) in [6, 6.07) is 29.2. The topological polar surface area (TPSA) is 95.9 Å². The van der Waals surface area contributed by atoms with Gasteiger partial charge in [0.05, 0.1) is 6.54 Å². The monoisotopic (exact) mass is 598 g/mol. The average Bonchev–Trinajstić information content (AvgIpc) is 2.99. The van der Waals surface area contributed by atoms with Crippen molar-refractivity contribution >= 4 is 40.6 Å². The van der Waals surface area contributed by atoms with Gasteiger partial charge < -0.3 is 20.1 Å². The molecule has 0 saturated carbocycles. The van der Waals surface area contributed by atoms with Gasteiger partial charge in [0.2, 0.25) is 5.91 Å². The first-order valence-electron chi connectivity index (χ1n) is 14.2. The van der Waals surface area contributed by atoms with Gasteiger partial charge in [-0.15, -0.1) is 0 Å². The first-order chi connectivity index (χ1) is 20.7. The maximum atomic E-state index is 13.1. The van der Waals surface area contributed by atoms with E-state index >= 15 is 0 Å². The third-order valence-electron chi connectivity index (χ3n) is 6.79. The van der Waals surface area contributed by atoms with Gasteiger partial charge in [-0.25, -0.2) is 4.79 Å². The van der Waals surface area contributed by atoms with Gasteiger partial charge in [0.15, 0.2) is 5.78 Å². The number of carbonyl (C=O) groups is 3. The number of amides is 1. The quantitative estimate of drug-likeness (QED) is 0.150. The molecule has 0 aromatic heterocycles. The van der Waals surface area contributed by atoms with E-state index in [0.29, 0.717) is 40.6 Å². The SMILES string of the molecule is CC(C)CC(=O)N(CCOc1ccc(CC(Nc2ccccc2C(=O)c2ccccc2)C(=O)O)cc1)c1cccc(Cl)c1. The molecule has 0 aliphatic heterocycles. The number of ether oxygens (including phenoxy) is 1. The van der Waals surface area contributed by atoms with Crippen molar-refractivity contribution in [1.29, 1.82) is 0 Å². The molecule has 0 heterocycles. The number of benzene rings is 4. The maximum Gasteiger partial charge on any atom is 0.326 e. The molecule has 43 heavy (non-hydrogen) atoms. The van der Waals surface area contributed by atoms with Crippen molar-refractivity contribution in [3.8, 4) is 5.75 Å². The third-order valence-corrected chi connectivity index (χ3v) is 7.02. The molecule has 7 nitrogen and oxygen atoms in total. The summed E-state index contributed by atoms with van der Waals surface area (Å²) in [6.45, 7) is 4.61. The molecule has 2 N–H and O–H groups in total. The minimum Gasteiger partial charge on any atom is -0.492 e. The number of rotatable bonds is 14. The van der Waals surface area contributed by atoms with Crippen LogP contribution >= 0.6 is 11.6 Å². The van der Waals surface area contributed by atoms with Gasteiger partial charge in [-0.3, -0.25) is 9.59 Å². The Morgan fingerprint density at radius 2 is 1.58 bits per heavy atom. The second-order valence-electron chi connectivity index (χ2n) is 10.6. The normalized spacial score (nSPS) is 11.5. The smallest absolute Gasteiger partial charge is 0.326 e. The largest absolute Gasteiger partial charge is 0.492 e. The van der Waals surface area contributed by atoms with Crippen LogP contribution in [0.4, 0.5) is 11.4 Å². The Kier molecular flexibility index (Phi) is 10.9. The van der Waals surface area contributed by atoms with E-state index in [1.54, 1.807) is 77.7 Å². The molecule has 4 aromatic rings. The summed E-state index contributed by atoms with van der Waals surface area (Å²) in [4.78, 5) is 39.9. The van der Waals surface area contributed by atoms with Crippen molar-refractivity contribution in [2.75, 3.05) is 23.4 Å². The Morgan fingerprint density at radius 3 is 2.26 bits per heavy atom. The van der Waals surface area contributed by atoms with Crippen LogP contribution < -0.4 is 15.0 Å². The highest BCUT2D eigenvalue weighted by molar-refractivity contribution is 6.30. The molecule has 222 valence electrons. The first kappa shape index (κ1) is 31.3. The molecule has 0 aliphatic carbocycles. The number of anilines is 2. The van der Waals surface area contributed by atoms with Crippen LogP contribution in [0.1, 0.15) is 41.8 Å². The van der Waals surface area contributed by atoms with Gasteiger partial charge in [0, 0.05) is 40.4 Å². The van der Waals surface area contributed by atoms with Crippen molar-refractivity contribution in [2.24, 2.45) is 5.92 Å². The van der Waals surface area contributed by atoms with Crippen molar-refractivity contribution in [3.05, 3.63) is 125 Å². The fraction of sp³-hybridized carbons (Fsp3) is 0.229. The zero-order valence-corrected chi connectivity index (χ0v) is 25.0. The van der Waals surface area contributed by atoms with Crippen molar-refractivity contribution in [3.63, 3.8) is 0 Å². The highest BCUT2D eigenvalue weighted by atomic mass is 35.5. The number of carboxylic acid groups (broad SMARTS) is 1. The van der Waals surface area contributed by atoms with E-state index in [-0.39, 0.29) is 30.6 Å². The Labute approximate surface area is 257 Å². The van der Waals surface area contributed by atoms with E-state index in [2.05, 4.69) is 5.32 Å². The summed E-state index contributed by atoms with van der Waals surface area (Å²) in [5, 5.41) is 13.6. The van der Waals surface area contributed by atoms with E-state index in [1.807, 2.05) is 44.2 Å². The number of nitrogens with one attached hydrogen (secondary N) is 1. The minimum absolute atomic E-state index is 0.00420. The molecule has 1 amide bonds. The van der Waals surface area contributed by atoms with E-state index in [1.165, 1.54) is 0 Å². The second-order valence-corrected chi connectivity index (χ2v) is 11.0. The van der Waals surface area contributed by atoms with Gasteiger partial charge in [0.1, 0.15) is 18.4 Å². The fourth-order valence-electron chi connectivity index (χ4n) is 4.65. The number of carboxylic acids is 1. The van der Waals surface area contributed by atoms with Crippen LogP contribution in [0.15, 0.2) is 103 Å². The summed E-state index contributed by atoms with van der Waals surface area (Å²) < 4.78 is 5.93. The van der Waals surface area contributed by atoms with E-state index < -0.39 is 12.0 Å². The average molecular weight is 599 g/mol. The number of carbonyl (C=O) groups excluding carboxylic acids is 2. The Balaban J connectivity index is 1.39. The molecule has 0 bridgehead atoms. The molecule has 0 radical (unpaired) electrons. The summed E-state index contributed by atoms with van der Waals surface area (Å²) in [5.74, 6) is -0.409. The molecule has 0 fully saturated rings. The van der Waals surface area contributed by atoms with Gasteiger partial charge >= 0.3 is 5.97 Å². The maximum absolute atomic E-state index is 13.1. The van der Waals surface area contributed by atoms with Crippen LogP contribution in [-0.2, 0) is 16.0 Å². The first-order valence-corrected chi connectivity index (χ1v) is 14.5. The summed E-state index contributed by atoms with van der Waals surface area (Å²) in [6.07, 6.45) is 0.598. The lowest BCUT2D eigenvalue weighted by molar-refractivity contribution is -0.137. The van der Waals surface area contributed by atoms with Crippen LogP contribution in [0.25, 0.3) is 0 Å². The van der Waals surface area contributed by atoms with Gasteiger partial charge in [-0.2, -0.15) is 0 Å². The lowest BCUT2D eigenvalue weighted by Gasteiger charge is -2.24. The summed E-state index contributed by atoms with van der Waals surface area (Å²) >= 11 is 6.17. The molecule has 8 heteroatoms. The Morgan fingerprint density at radius 1 is 0.884 bits per heavy atom. The number of aliphatic carboxylic acids is 1. The third kappa shape index (κ3) is 8.93. The lowest BCUT2D eigenvalue weighted by Crippen LogP contribution is -2.35. The molecule has 0 spiro atoms. The molecule has 4 rings (SSSR count). The highest BCUT2D eigenvalue weighted by Gasteiger charge is 2.22. The second kappa shape index (κ2) is 15.0. The molecule has 0 aliphatic rings. The van der Waals surface area contributed by atoms with Crippen molar-refractivity contribution in [1.82, 2.24) is 0 Å². The number of hydrogen-bond acceptors (Lipinski definition) is 5. The van der Waals surface area contributed by atoms with E-state index in [0.717, 1.165) is 11.3 Å². The van der Waals surface area contributed by atoms with Crippen LogP contribution in [0.5, 0.6) is 5.75 Å². The molecule has 4 aromatic carbocycles. The molecular weight excluding hydrogens is 564 g/mol. The molecule has 1 unspecified atom stereocenters. The number of halogens is 1. The lowest BCUT2D eigenvalue weighted by atomic mass is 10.00. The van der Waals surface area contributed by atoms with E-state index in [4.69, 9.17) is 16.3 Å². The van der Waals surface area contributed by atoms with Crippen LogP contribution in [0, 0.1) is 5.92 Å². The molecule has 1 atom stereocenters. The summed E-state index contributed by atoms with van der Waals surface area (Å²) in [5.41, 5.74) is 2.89. The molecular formula is C35H35ClN2O5. The zero-order valence-electron chi connectivity index (χ0n) is 24.2. The Hall–Kier alpha value is -4.62. The summed E-state index contributed by atoms with van der Waals surface area (Å²) in [7, 11) is 0. The predicted octanol–water partition coefficient (Wildman–Crippen LogP) is 7.14. The van der Waals surface area contributed by atoms with Gasteiger partial charge in [-0.1, -0.05) is 86.1 Å². The highest BCUT2D eigenvalue weighted by Crippen LogP contribution is 2.23. The number of para-hydroxylation sites is 1. The van der Waals surface area contributed by atoms with E-state index in [9.17, 15) is 19.5 Å². The number of nitrogens with zero attached hydrogens (tertiary/aromatic N) is 1. The number of ketones is 1.